The molecule has 0 amide bonds. The van der Waals surface area contributed by atoms with Gasteiger partial charge in [-0.05, 0) is 86.7 Å². The zero-order valence-corrected chi connectivity index (χ0v) is 21.8. The van der Waals surface area contributed by atoms with E-state index in [1.165, 1.54) is 23.5 Å². The number of nitro groups is 1. The largest absolute Gasteiger partial charge is 0.487 e. The summed E-state index contributed by atoms with van der Waals surface area (Å²) in [5, 5.41) is 11.0. The van der Waals surface area contributed by atoms with Crippen molar-refractivity contribution in [1.29, 1.82) is 0 Å². The molecular formula is C23H13I2N3O4S. The van der Waals surface area contributed by atoms with Crippen LogP contribution in [0.25, 0.3) is 22.1 Å². The Morgan fingerprint density at radius 2 is 1.85 bits per heavy atom. The molecule has 2 aromatic heterocycles. The zero-order chi connectivity index (χ0) is 23.1. The van der Waals surface area contributed by atoms with E-state index in [4.69, 9.17) is 4.74 Å². The van der Waals surface area contributed by atoms with E-state index < -0.39 is 4.92 Å². The van der Waals surface area contributed by atoms with E-state index in [2.05, 4.69) is 50.2 Å². The summed E-state index contributed by atoms with van der Waals surface area (Å²) < 4.78 is 10.0. The maximum absolute atomic E-state index is 13.0. The first-order valence-corrected chi connectivity index (χ1v) is 12.6. The molecular weight excluding hydrogens is 668 g/mol. The number of aromatic nitrogens is 2. The van der Waals surface area contributed by atoms with E-state index in [0.717, 1.165) is 29.3 Å². The molecule has 33 heavy (non-hydrogen) atoms. The Morgan fingerprint density at radius 1 is 1.09 bits per heavy atom. The topological polar surface area (TPSA) is 86.7 Å². The third-order valence-corrected chi connectivity index (χ3v) is 7.54. The molecule has 10 heteroatoms. The summed E-state index contributed by atoms with van der Waals surface area (Å²) in [6, 6.07) is 17.9. The smallest absolute Gasteiger partial charge is 0.274 e. The monoisotopic (exact) mass is 681 g/mol. The molecule has 7 nitrogen and oxygen atoms in total. The Kier molecular flexibility index (Phi) is 6.05. The van der Waals surface area contributed by atoms with Gasteiger partial charge in [0.2, 0.25) is 0 Å². The van der Waals surface area contributed by atoms with Crippen LogP contribution in [0.3, 0.4) is 0 Å². The van der Waals surface area contributed by atoms with Crippen molar-refractivity contribution in [1.82, 2.24) is 9.38 Å². The molecule has 5 aromatic rings. The zero-order valence-electron chi connectivity index (χ0n) is 16.7. The lowest BCUT2D eigenvalue weighted by molar-refractivity contribution is -0.384. The van der Waals surface area contributed by atoms with Crippen molar-refractivity contribution in [3.8, 4) is 5.75 Å². The van der Waals surface area contributed by atoms with Gasteiger partial charge in [-0.15, -0.1) is 0 Å². The molecule has 0 aliphatic heterocycles. The van der Waals surface area contributed by atoms with Crippen LogP contribution in [0, 0.1) is 17.3 Å². The normalized spacial score (nSPS) is 12.0. The number of benzene rings is 3. The van der Waals surface area contributed by atoms with Gasteiger partial charge in [0.25, 0.3) is 11.2 Å². The molecule has 164 valence electrons. The summed E-state index contributed by atoms with van der Waals surface area (Å²) in [7, 11) is 0. The Bertz CT molecular complexity index is 1640. The summed E-state index contributed by atoms with van der Waals surface area (Å²) in [6.45, 7) is 0.219. The van der Waals surface area contributed by atoms with Gasteiger partial charge in [-0.2, -0.15) is 0 Å². The lowest BCUT2D eigenvalue weighted by Gasteiger charge is -2.11. The predicted molar refractivity (Wildman–Crippen MR) is 145 cm³/mol. The third kappa shape index (κ3) is 4.34. The van der Waals surface area contributed by atoms with Gasteiger partial charge in [-0.25, -0.2) is 9.38 Å². The number of fused-ring (bicyclic) bond motifs is 3. The fourth-order valence-corrected chi connectivity index (χ4v) is 6.59. The average molecular weight is 681 g/mol. The van der Waals surface area contributed by atoms with Gasteiger partial charge in [-0.3, -0.25) is 14.9 Å². The first-order chi connectivity index (χ1) is 15.9. The van der Waals surface area contributed by atoms with Crippen LogP contribution in [0.1, 0.15) is 11.1 Å². The molecule has 0 radical (unpaired) electrons. The number of imidazole rings is 1. The van der Waals surface area contributed by atoms with E-state index in [1.54, 1.807) is 16.5 Å². The molecule has 0 aliphatic carbocycles. The van der Waals surface area contributed by atoms with Gasteiger partial charge >= 0.3 is 0 Å². The minimum atomic E-state index is -0.420. The van der Waals surface area contributed by atoms with Gasteiger partial charge in [-0.1, -0.05) is 35.6 Å². The highest BCUT2D eigenvalue weighted by molar-refractivity contribution is 14.1. The number of nitro benzene ring substituents is 1. The number of non-ortho nitro benzene ring substituents is 1. The highest BCUT2D eigenvalue weighted by Crippen LogP contribution is 2.30. The summed E-state index contributed by atoms with van der Waals surface area (Å²) in [4.78, 5) is 28.8. The van der Waals surface area contributed by atoms with E-state index in [9.17, 15) is 14.9 Å². The van der Waals surface area contributed by atoms with Crippen LogP contribution in [-0.4, -0.2) is 14.3 Å². The highest BCUT2D eigenvalue weighted by Gasteiger charge is 2.13. The first kappa shape index (κ1) is 22.2. The number of nitrogens with zero attached hydrogens (tertiary/aromatic N) is 3. The minimum Gasteiger partial charge on any atom is -0.487 e. The predicted octanol–water partition coefficient (Wildman–Crippen LogP) is 5.15. The minimum absolute atomic E-state index is 0.0360. The first-order valence-electron chi connectivity index (χ1n) is 9.67. The number of halogens is 2. The van der Waals surface area contributed by atoms with Crippen molar-refractivity contribution in [2.24, 2.45) is 0 Å². The maximum Gasteiger partial charge on any atom is 0.274 e. The van der Waals surface area contributed by atoms with Crippen molar-refractivity contribution < 1.29 is 9.66 Å². The van der Waals surface area contributed by atoms with E-state index in [-0.39, 0.29) is 17.9 Å². The van der Waals surface area contributed by atoms with Crippen molar-refractivity contribution >= 4 is 84.3 Å². The quantitative estimate of drug-likeness (QED) is 0.146. The second kappa shape index (κ2) is 8.99. The van der Waals surface area contributed by atoms with Crippen LogP contribution >= 0.6 is 56.5 Å². The average Bonchev–Trinajstić information content (AvgIpc) is 3.29. The molecule has 3 aromatic carbocycles. The fourth-order valence-electron chi connectivity index (χ4n) is 3.48. The lowest BCUT2D eigenvalue weighted by atomic mass is 10.2. The maximum atomic E-state index is 13.0. The second-order valence-corrected chi connectivity index (χ2v) is 10.5. The lowest BCUT2D eigenvalue weighted by Crippen LogP contribution is -2.22. The summed E-state index contributed by atoms with van der Waals surface area (Å²) >= 11 is 5.76. The van der Waals surface area contributed by atoms with E-state index >= 15 is 0 Å². The van der Waals surface area contributed by atoms with Crippen LogP contribution in [0.5, 0.6) is 5.75 Å². The van der Waals surface area contributed by atoms with Gasteiger partial charge < -0.3 is 4.74 Å². The van der Waals surface area contributed by atoms with Crippen LogP contribution in [0.2, 0.25) is 0 Å². The fraction of sp³-hybridized carbons (Fsp3) is 0.0435. The SMILES string of the molecule is O=c1/c(=C/c2cc(I)c(OCc3cccc([N+](=O)[O-])c3)c(I)c2)sc2nc3ccccc3n12. The molecule has 2 heterocycles. The Hall–Kier alpha value is -2.58. The molecule has 5 rings (SSSR count). The third-order valence-electron chi connectivity index (χ3n) is 4.97. The molecule has 0 spiro atoms. The van der Waals surface area contributed by atoms with Gasteiger partial charge in [0.05, 0.1) is 27.6 Å². The standard InChI is InChI=1S/C23H13I2N3O4S/c24-16-9-14(10-17(25)21(16)32-12-13-4-3-5-15(8-13)28(30)31)11-20-22(29)27-19-7-2-1-6-18(19)26-23(27)33-20/h1-11H,12H2/b20-11-. The highest BCUT2D eigenvalue weighted by atomic mass is 127. The van der Waals surface area contributed by atoms with Crippen molar-refractivity contribution in [2.45, 2.75) is 6.61 Å². The Labute approximate surface area is 218 Å². The molecule has 0 atom stereocenters. The molecule has 0 saturated heterocycles. The van der Waals surface area contributed by atoms with Crippen molar-refractivity contribution in [3.63, 3.8) is 0 Å². The molecule has 0 bridgehead atoms. The molecule has 0 saturated carbocycles. The van der Waals surface area contributed by atoms with Crippen molar-refractivity contribution in [3.05, 3.63) is 104 Å². The number of ether oxygens (including phenoxy) is 1. The number of rotatable bonds is 5. The van der Waals surface area contributed by atoms with Crippen molar-refractivity contribution in [2.75, 3.05) is 0 Å². The van der Waals surface area contributed by atoms with Crippen LogP contribution < -0.4 is 14.8 Å². The van der Waals surface area contributed by atoms with Gasteiger partial charge in [0, 0.05) is 12.1 Å². The van der Waals surface area contributed by atoms with Crippen LogP contribution in [0.15, 0.2) is 65.5 Å². The number of para-hydroxylation sites is 2. The molecule has 0 unspecified atom stereocenters. The summed E-state index contributed by atoms with van der Waals surface area (Å²) in [6.07, 6.45) is 1.87. The Morgan fingerprint density at radius 3 is 2.61 bits per heavy atom. The van der Waals surface area contributed by atoms with Gasteiger partial charge in [0.15, 0.2) is 4.96 Å². The van der Waals surface area contributed by atoms with E-state index in [1.807, 2.05) is 42.5 Å². The summed E-state index contributed by atoms with van der Waals surface area (Å²) in [5.41, 5.74) is 3.17. The summed E-state index contributed by atoms with van der Waals surface area (Å²) in [5.74, 6) is 0.703. The Balaban J connectivity index is 1.46. The molecule has 0 fully saturated rings. The van der Waals surface area contributed by atoms with Crippen LogP contribution in [-0.2, 0) is 6.61 Å². The number of hydrogen-bond acceptors (Lipinski definition) is 6. The van der Waals surface area contributed by atoms with E-state index in [0.29, 0.717) is 15.2 Å². The molecule has 0 aliphatic rings. The van der Waals surface area contributed by atoms with Crippen LogP contribution in [0.4, 0.5) is 5.69 Å². The number of hydrogen-bond donors (Lipinski definition) is 0. The number of thiazole rings is 1. The molecule has 0 N–H and O–H groups in total. The second-order valence-electron chi connectivity index (χ2n) is 7.16. The van der Waals surface area contributed by atoms with Gasteiger partial charge in [0.1, 0.15) is 12.4 Å².